The molecule has 0 radical (unpaired) electrons. The zero-order chi connectivity index (χ0) is 28.5. The Morgan fingerprint density at radius 3 is 1.66 bits per heavy atom. The lowest BCUT2D eigenvalue weighted by molar-refractivity contribution is -0.290. The molecule has 2 aliphatic heterocycles. The first kappa shape index (κ1) is 27.8. The van der Waals surface area contributed by atoms with Gasteiger partial charge in [-0.05, 0) is 36.1 Å². The van der Waals surface area contributed by atoms with Gasteiger partial charge in [-0.25, -0.2) is 0 Å². The minimum atomic E-state index is -1.48. The molecule has 2 heterocycles. The summed E-state index contributed by atoms with van der Waals surface area (Å²) in [7, 11) is 0. The van der Waals surface area contributed by atoms with Crippen LogP contribution in [0.4, 0.5) is 0 Å². The summed E-state index contributed by atoms with van der Waals surface area (Å²) in [5.41, 5.74) is 2.73. The molecule has 6 nitrogen and oxygen atoms in total. The first-order valence-electron chi connectivity index (χ1n) is 14.1. The van der Waals surface area contributed by atoms with Crippen molar-refractivity contribution in [3.8, 4) is 0 Å². The normalized spacial score (nSPS) is 26.0. The molecule has 0 aromatic heterocycles. The van der Waals surface area contributed by atoms with Crippen molar-refractivity contribution in [2.45, 2.75) is 61.9 Å². The highest BCUT2D eigenvalue weighted by atomic mass is 16.9. The number of aliphatic hydroxyl groups is 2. The van der Waals surface area contributed by atoms with Crippen LogP contribution in [0.5, 0.6) is 0 Å². The van der Waals surface area contributed by atoms with Crippen LogP contribution in [0.15, 0.2) is 121 Å². The molecule has 0 saturated carbocycles. The molecule has 0 unspecified atom stereocenters. The third-order valence-corrected chi connectivity index (χ3v) is 8.11. The van der Waals surface area contributed by atoms with Gasteiger partial charge in [0, 0.05) is 0 Å². The van der Waals surface area contributed by atoms with Crippen LogP contribution in [0.25, 0.3) is 0 Å². The quantitative estimate of drug-likeness (QED) is 0.278. The summed E-state index contributed by atoms with van der Waals surface area (Å²) < 4.78 is 27.3. The maximum atomic E-state index is 11.1. The van der Waals surface area contributed by atoms with Crippen LogP contribution < -0.4 is 0 Å². The molecule has 4 aromatic rings. The Labute approximate surface area is 241 Å². The second kappa shape index (κ2) is 11.1. The number of hydrogen-bond donors (Lipinski definition) is 2. The molecule has 4 aromatic carbocycles. The maximum Gasteiger partial charge on any atom is 0.219 e. The standard InChI is InChI=1S/C35H36O6/c1-33(2)40-32-31(38-24-25-15-7-3-8-16-25)30(29(37)23-36)39-35(32,41-33)34(26-17-9-4-10-18-26,27-19-11-5-12-20-27)28-21-13-6-14-22-28/h3-22,29-32,36-37H,23-24H2,1-2H3/t29-,30-,31+,32-,35+/m1/s1. The molecule has 0 aliphatic carbocycles. The van der Waals surface area contributed by atoms with E-state index in [2.05, 4.69) is 36.4 Å². The molecule has 0 bridgehead atoms. The predicted octanol–water partition coefficient (Wildman–Crippen LogP) is 5.21. The van der Waals surface area contributed by atoms with Crippen molar-refractivity contribution in [3.05, 3.63) is 144 Å². The smallest absolute Gasteiger partial charge is 0.219 e. The maximum absolute atomic E-state index is 11.1. The van der Waals surface area contributed by atoms with Gasteiger partial charge in [0.15, 0.2) is 5.79 Å². The van der Waals surface area contributed by atoms with Crippen molar-refractivity contribution in [3.63, 3.8) is 0 Å². The lowest BCUT2D eigenvalue weighted by atomic mass is 9.62. The van der Waals surface area contributed by atoms with Gasteiger partial charge in [0.05, 0.1) is 13.2 Å². The molecule has 0 amide bonds. The molecule has 212 valence electrons. The fraction of sp³-hybridized carbons (Fsp3) is 0.314. The average molecular weight is 553 g/mol. The highest BCUT2D eigenvalue weighted by Gasteiger charge is 2.75. The first-order valence-corrected chi connectivity index (χ1v) is 14.1. The topological polar surface area (TPSA) is 77.4 Å². The Bertz CT molecular complexity index is 1320. The summed E-state index contributed by atoms with van der Waals surface area (Å²) in [6.07, 6.45) is -3.68. The average Bonchev–Trinajstić information content (AvgIpc) is 3.45. The number of aliphatic hydroxyl groups excluding tert-OH is 2. The summed E-state index contributed by atoms with van der Waals surface area (Å²) in [4.78, 5) is 0. The Morgan fingerprint density at radius 2 is 1.20 bits per heavy atom. The Hall–Kier alpha value is -3.36. The number of hydrogen-bond acceptors (Lipinski definition) is 6. The van der Waals surface area contributed by atoms with Crippen molar-refractivity contribution < 1.29 is 29.2 Å². The Morgan fingerprint density at radius 1 is 0.732 bits per heavy atom. The summed E-state index contributed by atoms with van der Waals surface area (Å²) in [6, 6.07) is 40.2. The molecule has 2 N–H and O–H groups in total. The van der Waals surface area contributed by atoms with Gasteiger partial charge >= 0.3 is 0 Å². The van der Waals surface area contributed by atoms with Gasteiger partial charge in [-0.3, -0.25) is 0 Å². The van der Waals surface area contributed by atoms with Crippen LogP contribution in [0, 0.1) is 0 Å². The number of benzene rings is 4. The van der Waals surface area contributed by atoms with E-state index in [4.69, 9.17) is 18.9 Å². The van der Waals surface area contributed by atoms with Crippen molar-refractivity contribution in [1.29, 1.82) is 0 Å². The van der Waals surface area contributed by atoms with E-state index >= 15 is 0 Å². The minimum Gasteiger partial charge on any atom is -0.394 e. The van der Waals surface area contributed by atoms with Crippen molar-refractivity contribution in [1.82, 2.24) is 0 Å². The van der Waals surface area contributed by atoms with E-state index in [9.17, 15) is 10.2 Å². The van der Waals surface area contributed by atoms with Gasteiger partial charge in [-0.1, -0.05) is 121 Å². The van der Waals surface area contributed by atoms with Gasteiger partial charge < -0.3 is 29.2 Å². The first-order chi connectivity index (χ1) is 19.9. The van der Waals surface area contributed by atoms with Gasteiger partial charge in [-0.2, -0.15) is 0 Å². The second-order valence-electron chi connectivity index (χ2n) is 11.1. The molecule has 2 aliphatic rings. The molecule has 2 saturated heterocycles. The van der Waals surface area contributed by atoms with E-state index in [1.54, 1.807) is 0 Å². The van der Waals surface area contributed by atoms with Crippen LogP contribution in [0.3, 0.4) is 0 Å². The van der Waals surface area contributed by atoms with E-state index in [0.29, 0.717) is 0 Å². The zero-order valence-corrected chi connectivity index (χ0v) is 23.3. The summed E-state index contributed by atoms with van der Waals surface area (Å²) >= 11 is 0. The van der Waals surface area contributed by atoms with Crippen molar-refractivity contribution >= 4 is 0 Å². The highest BCUT2D eigenvalue weighted by molar-refractivity contribution is 5.55. The molecule has 2 fully saturated rings. The monoisotopic (exact) mass is 552 g/mol. The van der Waals surface area contributed by atoms with Crippen LogP contribution >= 0.6 is 0 Å². The summed E-state index contributed by atoms with van der Waals surface area (Å²) in [5.74, 6) is -2.53. The fourth-order valence-corrected chi connectivity index (χ4v) is 6.54. The van der Waals surface area contributed by atoms with Crippen LogP contribution in [-0.2, 0) is 31.0 Å². The third kappa shape index (κ3) is 4.71. The Balaban J connectivity index is 1.61. The molecule has 5 atom stereocenters. The summed E-state index contributed by atoms with van der Waals surface area (Å²) in [6.45, 7) is 3.51. The van der Waals surface area contributed by atoms with E-state index in [0.717, 1.165) is 22.3 Å². The highest BCUT2D eigenvalue weighted by Crippen LogP contribution is 2.61. The van der Waals surface area contributed by atoms with Crippen LogP contribution in [-0.4, -0.2) is 52.8 Å². The predicted molar refractivity (Wildman–Crippen MR) is 155 cm³/mol. The molecule has 6 heteroatoms. The molecule has 0 spiro atoms. The Kier molecular flexibility index (Phi) is 7.55. The number of fused-ring (bicyclic) bond motifs is 1. The van der Waals surface area contributed by atoms with Gasteiger partial charge in [0.2, 0.25) is 5.79 Å². The number of ether oxygens (including phenoxy) is 4. The lowest BCUT2D eigenvalue weighted by Gasteiger charge is -2.48. The van der Waals surface area contributed by atoms with E-state index in [-0.39, 0.29) is 6.61 Å². The van der Waals surface area contributed by atoms with Gasteiger partial charge in [-0.15, -0.1) is 0 Å². The number of rotatable bonds is 9. The van der Waals surface area contributed by atoms with E-state index in [1.807, 2.05) is 98.8 Å². The summed E-state index contributed by atoms with van der Waals surface area (Å²) in [5, 5.41) is 21.3. The zero-order valence-electron chi connectivity index (χ0n) is 23.3. The van der Waals surface area contributed by atoms with Crippen LogP contribution in [0.1, 0.15) is 36.1 Å². The van der Waals surface area contributed by atoms with E-state index in [1.165, 1.54) is 0 Å². The molecule has 41 heavy (non-hydrogen) atoms. The van der Waals surface area contributed by atoms with E-state index < -0.39 is 48.0 Å². The third-order valence-electron chi connectivity index (χ3n) is 8.11. The molecular formula is C35H36O6. The van der Waals surface area contributed by atoms with Crippen molar-refractivity contribution in [2.75, 3.05) is 6.61 Å². The van der Waals surface area contributed by atoms with Gasteiger partial charge in [0.25, 0.3) is 0 Å². The molecule has 6 rings (SSSR count). The molecular weight excluding hydrogens is 516 g/mol. The second-order valence-corrected chi connectivity index (χ2v) is 11.1. The minimum absolute atomic E-state index is 0.273. The van der Waals surface area contributed by atoms with Crippen LogP contribution in [0.2, 0.25) is 0 Å². The lowest BCUT2D eigenvalue weighted by Crippen LogP contribution is -2.59. The largest absolute Gasteiger partial charge is 0.394 e. The van der Waals surface area contributed by atoms with Gasteiger partial charge in [0.1, 0.15) is 29.8 Å². The van der Waals surface area contributed by atoms with Crippen molar-refractivity contribution in [2.24, 2.45) is 0 Å². The fourth-order valence-electron chi connectivity index (χ4n) is 6.54. The SMILES string of the molecule is CC1(C)O[C@@H]2[C@@H](OCc3ccccc3)[C@@H]([C@H](O)CO)O[C@]2(C(c2ccccc2)(c2ccccc2)c2ccccc2)O1.